The first-order valence-electron chi connectivity index (χ1n) is 6.40. The summed E-state index contributed by atoms with van der Waals surface area (Å²) in [5.41, 5.74) is 1.98. The minimum atomic E-state index is -0.203. The summed E-state index contributed by atoms with van der Waals surface area (Å²) in [7, 11) is 0. The number of epoxide rings is 1. The van der Waals surface area contributed by atoms with E-state index in [2.05, 4.69) is 20.6 Å². The van der Waals surface area contributed by atoms with Crippen LogP contribution in [-0.2, 0) is 4.74 Å². The van der Waals surface area contributed by atoms with Crippen LogP contribution in [0.5, 0.6) is 0 Å². The van der Waals surface area contributed by atoms with Crippen LogP contribution in [0.4, 0.5) is 5.69 Å². The zero-order valence-corrected chi connectivity index (χ0v) is 11.3. The van der Waals surface area contributed by atoms with Gasteiger partial charge in [0.15, 0.2) is 0 Å². The number of nitrogens with one attached hydrogen (secondary N) is 1. The van der Waals surface area contributed by atoms with Crippen molar-refractivity contribution in [1.29, 1.82) is 0 Å². The number of amides is 1. The highest BCUT2D eigenvalue weighted by atomic mass is 16.6. The molecule has 0 spiro atoms. The molecule has 7 nitrogen and oxygen atoms in total. The number of aromatic nitrogens is 4. The molecule has 0 radical (unpaired) electrons. The molecule has 0 saturated carbocycles. The molecular formula is C13H15N5O2. The van der Waals surface area contributed by atoms with Gasteiger partial charge in [-0.3, -0.25) is 9.48 Å². The second-order valence-corrected chi connectivity index (χ2v) is 4.79. The summed E-state index contributed by atoms with van der Waals surface area (Å²) < 4.78 is 7.10. The Labute approximate surface area is 116 Å². The summed E-state index contributed by atoms with van der Waals surface area (Å²) in [6.45, 7) is 4.67. The Morgan fingerprint density at radius 1 is 1.50 bits per heavy atom. The third-order valence-electron chi connectivity index (χ3n) is 3.41. The molecule has 20 heavy (non-hydrogen) atoms. The summed E-state index contributed by atoms with van der Waals surface area (Å²) in [5, 5.41) is 14.4. The average molecular weight is 273 g/mol. The minimum absolute atomic E-state index is 0.138. The molecule has 1 saturated heterocycles. The van der Waals surface area contributed by atoms with E-state index >= 15 is 0 Å². The van der Waals surface area contributed by atoms with Crippen LogP contribution in [0.1, 0.15) is 29.0 Å². The number of carbonyl (C=O) groups excluding carboxylic acids is 1. The Balaban J connectivity index is 1.78. The van der Waals surface area contributed by atoms with Gasteiger partial charge in [0.1, 0.15) is 6.10 Å². The molecule has 3 rings (SSSR count). The molecule has 7 heteroatoms. The first-order valence-corrected chi connectivity index (χ1v) is 6.40. The maximum absolute atomic E-state index is 12.2. The minimum Gasteiger partial charge on any atom is -0.371 e. The maximum atomic E-state index is 12.2. The van der Waals surface area contributed by atoms with Crippen molar-refractivity contribution >= 4 is 11.6 Å². The van der Waals surface area contributed by atoms with E-state index in [-0.39, 0.29) is 18.1 Å². The Kier molecular flexibility index (Phi) is 3.19. The molecule has 3 heterocycles. The first kappa shape index (κ1) is 12.7. The number of carbonyl (C=O) groups is 1. The predicted molar refractivity (Wildman–Crippen MR) is 71.4 cm³/mol. The smallest absolute Gasteiger partial charge is 0.259 e. The number of anilines is 1. The highest BCUT2D eigenvalue weighted by molar-refractivity contribution is 6.04. The van der Waals surface area contributed by atoms with Crippen LogP contribution in [-0.4, -0.2) is 38.6 Å². The van der Waals surface area contributed by atoms with Gasteiger partial charge in [-0.15, -0.1) is 0 Å². The zero-order valence-electron chi connectivity index (χ0n) is 11.3. The van der Waals surface area contributed by atoms with E-state index in [4.69, 9.17) is 4.74 Å². The molecule has 0 bridgehead atoms. The SMILES string of the molecule is Cc1c(C(=O)Nc2ccnnc2)cnn1C(C)C1CO1. The van der Waals surface area contributed by atoms with Crippen molar-refractivity contribution in [2.45, 2.75) is 26.0 Å². The fourth-order valence-corrected chi connectivity index (χ4v) is 2.11. The second kappa shape index (κ2) is 5.01. The van der Waals surface area contributed by atoms with Gasteiger partial charge in [-0.25, -0.2) is 0 Å². The number of rotatable bonds is 4. The molecule has 2 unspecified atom stereocenters. The molecule has 2 aromatic rings. The molecule has 1 amide bonds. The van der Waals surface area contributed by atoms with Crippen LogP contribution in [0.3, 0.4) is 0 Å². The predicted octanol–water partition coefficient (Wildman–Crippen LogP) is 1.19. The largest absolute Gasteiger partial charge is 0.371 e. The quantitative estimate of drug-likeness (QED) is 0.846. The van der Waals surface area contributed by atoms with Crippen LogP contribution in [0.15, 0.2) is 24.7 Å². The van der Waals surface area contributed by atoms with Crippen molar-refractivity contribution in [3.8, 4) is 0 Å². The van der Waals surface area contributed by atoms with Crippen LogP contribution in [0.25, 0.3) is 0 Å². The lowest BCUT2D eigenvalue weighted by molar-refractivity contribution is 0.102. The topological polar surface area (TPSA) is 85.2 Å². The fraction of sp³-hybridized carbons (Fsp3) is 0.385. The third kappa shape index (κ3) is 2.39. The fourth-order valence-electron chi connectivity index (χ4n) is 2.11. The van der Waals surface area contributed by atoms with Crippen molar-refractivity contribution in [3.63, 3.8) is 0 Å². The summed E-state index contributed by atoms with van der Waals surface area (Å²) in [4.78, 5) is 12.2. The monoisotopic (exact) mass is 273 g/mol. The van der Waals surface area contributed by atoms with E-state index in [0.717, 1.165) is 12.3 Å². The summed E-state index contributed by atoms with van der Waals surface area (Å²) >= 11 is 0. The summed E-state index contributed by atoms with van der Waals surface area (Å²) in [5.74, 6) is -0.203. The molecule has 1 aliphatic rings. The number of hydrogen-bond donors (Lipinski definition) is 1. The lowest BCUT2D eigenvalue weighted by atomic mass is 10.2. The van der Waals surface area contributed by atoms with Gasteiger partial charge < -0.3 is 10.1 Å². The normalized spacial score (nSPS) is 18.6. The van der Waals surface area contributed by atoms with Gasteiger partial charge in [0.05, 0.1) is 42.5 Å². The zero-order chi connectivity index (χ0) is 14.1. The molecule has 104 valence electrons. The van der Waals surface area contributed by atoms with Gasteiger partial charge in [0, 0.05) is 5.69 Å². The van der Waals surface area contributed by atoms with E-state index in [9.17, 15) is 4.79 Å². The van der Waals surface area contributed by atoms with E-state index in [1.54, 1.807) is 12.3 Å². The number of ether oxygens (including phenoxy) is 1. The van der Waals surface area contributed by atoms with E-state index < -0.39 is 0 Å². The standard InChI is InChI=1S/C13H15N5O2/c1-8-11(6-16-18(8)9(2)12-7-20-12)13(19)17-10-3-4-14-15-5-10/h3-6,9,12H,7H2,1-2H3,(H,14,17,19). The van der Waals surface area contributed by atoms with Gasteiger partial charge in [0.25, 0.3) is 5.91 Å². The van der Waals surface area contributed by atoms with Crippen molar-refractivity contribution in [3.05, 3.63) is 35.9 Å². The van der Waals surface area contributed by atoms with Crippen molar-refractivity contribution in [2.24, 2.45) is 0 Å². The first-order chi connectivity index (χ1) is 9.66. The Bertz CT molecular complexity index is 621. The summed E-state index contributed by atoms with van der Waals surface area (Å²) in [6, 6.07) is 1.82. The molecule has 1 N–H and O–H groups in total. The molecule has 1 fully saturated rings. The molecule has 2 atom stereocenters. The van der Waals surface area contributed by atoms with Gasteiger partial charge in [-0.1, -0.05) is 0 Å². The Morgan fingerprint density at radius 2 is 2.30 bits per heavy atom. The van der Waals surface area contributed by atoms with Crippen molar-refractivity contribution in [1.82, 2.24) is 20.0 Å². The van der Waals surface area contributed by atoms with E-state index in [1.165, 1.54) is 12.4 Å². The number of nitrogens with zero attached hydrogens (tertiary/aromatic N) is 4. The highest BCUT2D eigenvalue weighted by Crippen LogP contribution is 2.26. The lowest BCUT2D eigenvalue weighted by Gasteiger charge is -2.11. The van der Waals surface area contributed by atoms with E-state index in [0.29, 0.717) is 11.3 Å². The lowest BCUT2D eigenvalue weighted by Crippen LogP contribution is -2.17. The van der Waals surface area contributed by atoms with Crippen molar-refractivity contribution in [2.75, 3.05) is 11.9 Å². The average Bonchev–Trinajstić information content (AvgIpc) is 3.22. The third-order valence-corrected chi connectivity index (χ3v) is 3.41. The molecule has 0 aliphatic carbocycles. The van der Waals surface area contributed by atoms with Crippen LogP contribution >= 0.6 is 0 Å². The van der Waals surface area contributed by atoms with Gasteiger partial charge >= 0.3 is 0 Å². The van der Waals surface area contributed by atoms with Crippen LogP contribution < -0.4 is 5.32 Å². The van der Waals surface area contributed by atoms with Gasteiger partial charge in [-0.2, -0.15) is 15.3 Å². The molecule has 2 aromatic heterocycles. The van der Waals surface area contributed by atoms with Gasteiger partial charge in [-0.05, 0) is 19.9 Å². The van der Waals surface area contributed by atoms with E-state index in [1.807, 2.05) is 18.5 Å². The maximum Gasteiger partial charge on any atom is 0.259 e. The van der Waals surface area contributed by atoms with Crippen molar-refractivity contribution < 1.29 is 9.53 Å². The van der Waals surface area contributed by atoms with Crippen LogP contribution in [0, 0.1) is 6.92 Å². The molecule has 1 aliphatic heterocycles. The number of hydrogen-bond acceptors (Lipinski definition) is 5. The molecule has 0 aromatic carbocycles. The van der Waals surface area contributed by atoms with Gasteiger partial charge in [0.2, 0.25) is 0 Å². The second-order valence-electron chi connectivity index (χ2n) is 4.79. The summed E-state index contributed by atoms with van der Waals surface area (Å²) in [6.07, 6.45) is 4.81. The van der Waals surface area contributed by atoms with Crippen LogP contribution in [0.2, 0.25) is 0 Å². The highest BCUT2D eigenvalue weighted by Gasteiger charge is 2.32. The molecular weight excluding hydrogens is 258 g/mol. The Hall–Kier alpha value is -2.28. The Morgan fingerprint density at radius 3 is 2.95 bits per heavy atom.